The van der Waals surface area contributed by atoms with Crippen LogP contribution in [0.1, 0.15) is 27.6 Å². The summed E-state index contributed by atoms with van der Waals surface area (Å²) in [6.07, 6.45) is 2.62. The minimum atomic E-state index is -0.337. The number of fused-ring (bicyclic) bond motifs is 1. The molecule has 0 radical (unpaired) electrons. The van der Waals surface area contributed by atoms with E-state index < -0.39 is 0 Å². The molecule has 3 aromatic rings. The van der Waals surface area contributed by atoms with Gasteiger partial charge < -0.3 is 10.2 Å². The molecule has 1 fully saturated rings. The van der Waals surface area contributed by atoms with Gasteiger partial charge in [0.1, 0.15) is 10.6 Å². The van der Waals surface area contributed by atoms with Gasteiger partial charge in [-0.2, -0.15) is 0 Å². The Balaban J connectivity index is 1.49. The highest BCUT2D eigenvalue weighted by Gasteiger charge is 2.32. The molecule has 0 spiro atoms. The molecule has 1 aliphatic rings. The van der Waals surface area contributed by atoms with E-state index in [1.165, 1.54) is 23.5 Å². The zero-order valence-corrected chi connectivity index (χ0v) is 17.7. The molecule has 4 rings (SSSR count). The van der Waals surface area contributed by atoms with Gasteiger partial charge in [0.15, 0.2) is 0 Å². The van der Waals surface area contributed by atoms with E-state index in [1.807, 2.05) is 12.1 Å². The van der Waals surface area contributed by atoms with Gasteiger partial charge in [-0.15, -0.1) is 11.3 Å². The lowest BCUT2D eigenvalue weighted by Crippen LogP contribution is -2.31. The highest BCUT2D eigenvalue weighted by molar-refractivity contribution is 7.20. The number of nitrogens with zero attached hydrogens (tertiary/aromatic N) is 3. The maximum Gasteiger partial charge on any atom is 0.263 e. The zero-order chi connectivity index (χ0) is 21.3. The molecular formula is C22H23FN4O2S. The third-order valence-electron chi connectivity index (χ3n) is 5.28. The molecular weight excluding hydrogens is 403 g/mol. The minimum Gasteiger partial charge on any atom is -0.344 e. The number of rotatable bonds is 5. The number of hydrogen-bond donors (Lipinski definition) is 1. The first kappa shape index (κ1) is 20.4. The number of benzene rings is 1. The van der Waals surface area contributed by atoms with Crippen molar-refractivity contribution in [3.8, 4) is 0 Å². The lowest BCUT2D eigenvalue weighted by Gasteiger charge is -2.17. The van der Waals surface area contributed by atoms with Crippen LogP contribution >= 0.6 is 11.3 Å². The number of nitrogens with one attached hydrogen (secondary N) is 1. The minimum absolute atomic E-state index is 0.0134. The summed E-state index contributed by atoms with van der Waals surface area (Å²) in [5.41, 5.74) is 1.62. The van der Waals surface area contributed by atoms with Crippen LogP contribution in [0.15, 0.2) is 42.6 Å². The molecule has 1 saturated heterocycles. The van der Waals surface area contributed by atoms with Crippen molar-refractivity contribution in [1.82, 2.24) is 14.8 Å². The Hall–Kier alpha value is -2.84. The average molecular weight is 427 g/mol. The number of hydrogen-bond acceptors (Lipinski definition) is 5. The molecule has 1 aromatic carbocycles. The van der Waals surface area contributed by atoms with E-state index >= 15 is 0 Å². The second-order valence-electron chi connectivity index (χ2n) is 7.68. The number of carbonyl (C=O) groups is 2. The van der Waals surface area contributed by atoms with Gasteiger partial charge in [0.05, 0.1) is 11.4 Å². The largest absolute Gasteiger partial charge is 0.344 e. The summed E-state index contributed by atoms with van der Waals surface area (Å²) in [5, 5.41) is 3.83. The fourth-order valence-corrected chi connectivity index (χ4v) is 5.12. The Labute approximate surface area is 178 Å². The normalized spacial score (nSPS) is 16.7. The SMILES string of the molecule is CN(C)C(=O)c1sc2ncccc2c1[C@@H]1CCN(CC(=O)Nc2ccc(F)cc2)C1. The topological polar surface area (TPSA) is 65.5 Å². The molecule has 0 aliphatic carbocycles. The summed E-state index contributed by atoms with van der Waals surface area (Å²) < 4.78 is 13.0. The van der Waals surface area contributed by atoms with Crippen molar-refractivity contribution in [1.29, 1.82) is 0 Å². The van der Waals surface area contributed by atoms with Gasteiger partial charge in [0.2, 0.25) is 5.91 Å². The third kappa shape index (κ3) is 4.20. The van der Waals surface area contributed by atoms with Crippen molar-refractivity contribution >= 4 is 39.1 Å². The third-order valence-corrected chi connectivity index (χ3v) is 6.40. The molecule has 6 nitrogen and oxygen atoms in total. The van der Waals surface area contributed by atoms with E-state index in [4.69, 9.17) is 0 Å². The van der Waals surface area contributed by atoms with Crippen LogP contribution in [0.2, 0.25) is 0 Å². The smallest absolute Gasteiger partial charge is 0.263 e. The van der Waals surface area contributed by atoms with Crippen LogP contribution in [0.4, 0.5) is 10.1 Å². The fourth-order valence-electron chi connectivity index (χ4n) is 3.87. The van der Waals surface area contributed by atoms with Gasteiger partial charge in [-0.25, -0.2) is 9.37 Å². The molecule has 0 unspecified atom stereocenters. The number of carbonyl (C=O) groups excluding carboxylic acids is 2. The van der Waals surface area contributed by atoms with E-state index in [0.29, 0.717) is 12.2 Å². The van der Waals surface area contributed by atoms with Crippen LogP contribution in [0, 0.1) is 5.82 Å². The molecule has 8 heteroatoms. The first-order chi connectivity index (χ1) is 14.4. The monoisotopic (exact) mass is 426 g/mol. The summed E-state index contributed by atoms with van der Waals surface area (Å²) in [5.74, 6) is -0.319. The number of anilines is 1. The van der Waals surface area contributed by atoms with Gasteiger partial charge in [0.25, 0.3) is 5.91 Å². The quantitative estimate of drug-likeness (QED) is 0.678. The van der Waals surface area contributed by atoms with E-state index in [0.717, 1.165) is 33.6 Å². The van der Waals surface area contributed by atoms with Crippen LogP contribution in [0.3, 0.4) is 0 Å². The second-order valence-corrected chi connectivity index (χ2v) is 8.68. The van der Waals surface area contributed by atoms with Gasteiger partial charge in [0, 0.05) is 43.8 Å². The zero-order valence-electron chi connectivity index (χ0n) is 16.9. The number of thiophene rings is 1. The molecule has 1 aliphatic heterocycles. The maximum atomic E-state index is 13.0. The lowest BCUT2D eigenvalue weighted by molar-refractivity contribution is -0.117. The van der Waals surface area contributed by atoms with Gasteiger partial charge in [-0.3, -0.25) is 14.5 Å². The summed E-state index contributed by atoms with van der Waals surface area (Å²) in [4.78, 5) is 34.9. The summed E-state index contributed by atoms with van der Waals surface area (Å²) in [7, 11) is 3.51. The van der Waals surface area contributed by atoms with E-state index in [2.05, 4.69) is 15.2 Å². The summed E-state index contributed by atoms with van der Waals surface area (Å²) >= 11 is 1.43. The fraction of sp³-hybridized carbons (Fsp3) is 0.318. The summed E-state index contributed by atoms with van der Waals surface area (Å²) in [6, 6.07) is 9.64. The molecule has 2 amide bonds. The predicted octanol–water partition coefficient (Wildman–Crippen LogP) is 3.57. The van der Waals surface area contributed by atoms with Crippen LogP contribution in [0.25, 0.3) is 10.2 Å². The van der Waals surface area contributed by atoms with Crippen molar-refractivity contribution in [3.05, 3.63) is 58.9 Å². The first-order valence-corrected chi connectivity index (χ1v) is 10.6. The molecule has 1 N–H and O–H groups in total. The highest BCUT2D eigenvalue weighted by atomic mass is 32.1. The first-order valence-electron chi connectivity index (χ1n) is 9.79. The summed E-state index contributed by atoms with van der Waals surface area (Å²) in [6.45, 7) is 1.73. The molecule has 0 bridgehead atoms. The molecule has 2 aromatic heterocycles. The van der Waals surface area contributed by atoms with Gasteiger partial charge in [-0.05, 0) is 48.9 Å². The van der Waals surface area contributed by atoms with Crippen molar-refractivity contribution < 1.29 is 14.0 Å². The molecule has 1 atom stereocenters. The maximum absolute atomic E-state index is 13.0. The Bertz CT molecular complexity index is 1080. The molecule has 3 heterocycles. The van der Waals surface area contributed by atoms with Gasteiger partial charge >= 0.3 is 0 Å². The number of aromatic nitrogens is 1. The van der Waals surface area contributed by atoms with Crippen molar-refractivity contribution in [2.24, 2.45) is 0 Å². The van der Waals surface area contributed by atoms with E-state index in [1.54, 1.807) is 37.3 Å². The second kappa shape index (κ2) is 8.49. The predicted molar refractivity (Wildman–Crippen MR) is 116 cm³/mol. The molecule has 30 heavy (non-hydrogen) atoms. The lowest BCUT2D eigenvalue weighted by atomic mass is 9.95. The Morgan fingerprint density at radius 3 is 2.77 bits per heavy atom. The average Bonchev–Trinajstić information content (AvgIpc) is 3.33. The number of halogens is 1. The van der Waals surface area contributed by atoms with Gasteiger partial charge in [-0.1, -0.05) is 6.07 Å². The molecule has 156 valence electrons. The Morgan fingerprint density at radius 2 is 2.03 bits per heavy atom. The Kier molecular flexibility index (Phi) is 5.78. The van der Waals surface area contributed by atoms with E-state index in [-0.39, 0.29) is 30.1 Å². The number of likely N-dealkylation sites (tertiary alicyclic amines) is 1. The molecule has 0 saturated carbocycles. The Morgan fingerprint density at radius 1 is 1.27 bits per heavy atom. The highest BCUT2D eigenvalue weighted by Crippen LogP contribution is 2.39. The van der Waals surface area contributed by atoms with Crippen molar-refractivity contribution in [3.63, 3.8) is 0 Å². The van der Waals surface area contributed by atoms with Crippen LogP contribution in [0.5, 0.6) is 0 Å². The number of amides is 2. The van der Waals surface area contributed by atoms with Crippen LogP contribution in [-0.4, -0.2) is 60.3 Å². The van der Waals surface area contributed by atoms with E-state index in [9.17, 15) is 14.0 Å². The van der Waals surface area contributed by atoms with Crippen molar-refractivity contribution in [2.45, 2.75) is 12.3 Å². The van der Waals surface area contributed by atoms with Crippen molar-refractivity contribution in [2.75, 3.05) is 39.0 Å². The number of pyridine rings is 1. The van der Waals surface area contributed by atoms with Crippen LogP contribution < -0.4 is 5.32 Å². The standard InChI is InChI=1S/C22H23FN4O2S/c1-26(2)22(29)20-19(17-4-3-10-24-21(17)30-20)14-9-11-27(12-14)13-18(28)25-16-7-5-15(23)6-8-16/h3-8,10,14H,9,11-13H2,1-2H3,(H,25,28)/t14-/m1/s1. The van der Waals surface area contributed by atoms with Crippen LogP contribution in [-0.2, 0) is 4.79 Å².